The Kier molecular flexibility index (Phi) is 6.37. The summed E-state index contributed by atoms with van der Waals surface area (Å²) < 4.78 is 44.8. The second kappa shape index (κ2) is 9.41. The molecular weight excluding hydrogens is 461 g/mol. The topological polar surface area (TPSA) is 100 Å². The van der Waals surface area contributed by atoms with E-state index in [1.165, 1.54) is 23.9 Å². The van der Waals surface area contributed by atoms with Gasteiger partial charge in [0.15, 0.2) is 0 Å². The van der Waals surface area contributed by atoms with E-state index >= 15 is 0 Å². The first kappa shape index (κ1) is 23.7. The molecule has 0 atom stereocenters. The van der Waals surface area contributed by atoms with E-state index in [0.29, 0.717) is 22.5 Å². The van der Waals surface area contributed by atoms with E-state index in [0.717, 1.165) is 23.3 Å². The van der Waals surface area contributed by atoms with Crippen molar-refractivity contribution >= 4 is 11.9 Å². The number of rotatable bonds is 6. The number of aromatic nitrogens is 3. The number of benzene rings is 3. The number of halogens is 3. The summed E-state index contributed by atoms with van der Waals surface area (Å²) in [5.74, 6) is -0.996. The Morgan fingerprint density at radius 2 is 1.60 bits per heavy atom. The molecule has 1 amide bonds. The van der Waals surface area contributed by atoms with E-state index in [2.05, 4.69) is 10.3 Å². The maximum Gasteiger partial charge on any atom is 0.416 e. The number of methoxy groups -OCH3 is 1. The summed E-state index contributed by atoms with van der Waals surface area (Å²) in [7, 11) is 1.27. The maximum absolute atomic E-state index is 12.8. The van der Waals surface area contributed by atoms with E-state index < -0.39 is 23.6 Å². The molecule has 0 fully saturated rings. The first-order chi connectivity index (χ1) is 16.6. The average Bonchev–Trinajstić information content (AvgIpc) is 3.33. The van der Waals surface area contributed by atoms with Crippen LogP contribution in [0.1, 0.15) is 21.5 Å². The van der Waals surface area contributed by atoms with Gasteiger partial charge in [0, 0.05) is 5.56 Å². The number of ether oxygens (including phenoxy) is 1. The molecule has 1 heterocycles. The largest absolute Gasteiger partial charge is 0.465 e. The highest BCUT2D eigenvalue weighted by atomic mass is 19.4. The first-order valence-electron chi connectivity index (χ1n) is 10.4. The lowest BCUT2D eigenvalue weighted by Gasteiger charge is -2.10. The summed E-state index contributed by atoms with van der Waals surface area (Å²) in [4.78, 5) is 23.4. The predicted octanol–water partition coefficient (Wildman–Crippen LogP) is 4.43. The van der Waals surface area contributed by atoms with Gasteiger partial charge in [-0.2, -0.15) is 13.2 Å². The fraction of sp³-hybridized carbons (Fsp3) is 0.120. The van der Waals surface area contributed by atoms with Gasteiger partial charge >= 0.3 is 12.1 Å². The van der Waals surface area contributed by atoms with Crippen molar-refractivity contribution in [2.45, 2.75) is 12.6 Å². The normalized spacial score (nSPS) is 11.3. The number of primary amides is 1. The number of amides is 1. The number of carbonyl (C=O) groups excluding carboxylic acids is 2. The Balaban J connectivity index is 1.70. The molecule has 4 aromatic rings. The SMILES string of the molecule is COC(=O)c1cc(-c2ccc(CC(N)=O)cc2)cc(-n2cc(-c3ccc(C(F)(F)F)cc3)nn2)c1. The summed E-state index contributed by atoms with van der Waals surface area (Å²) in [5, 5.41) is 8.15. The molecular formula is C25H19F3N4O3. The molecule has 2 N–H and O–H groups in total. The summed E-state index contributed by atoms with van der Waals surface area (Å²) in [6, 6.07) is 16.7. The molecule has 10 heteroatoms. The van der Waals surface area contributed by atoms with Crippen molar-refractivity contribution in [3.05, 3.63) is 89.6 Å². The minimum atomic E-state index is -4.43. The van der Waals surface area contributed by atoms with Crippen LogP contribution in [-0.4, -0.2) is 34.0 Å². The second-order valence-electron chi connectivity index (χ2n) is 7.72. The van der Waals surface area contributed by atoms with Crippen molar-refractivity contribution in [2.24, 2.45) is 5.73 Å². The summed E-state index contributed by atoms with van der Waals surface area (Å²) in [6.45, 7) is 0. The van der Waals surface area contributed by atoms with E-state index in [-0.39, 0.29) is 12.0 Å². The number of nitrogens with zero attached hydrogens (tertiary/aromatic N) is 3. The molecule has 0 aliphatic rings. The van der Waals surface area contributed by atoms with Gasteiger partial charge in [-0.15, -0.1) is 5.10 Å². The van der Waals surface area contributed by atoms with Crippen molar-refractivity contribution in [3.8, 4) is 28.1 Å². The van der Waals surface area contributed by atoms with Crippen LogP contribution in [0.5, 0.6) is 0 Å². The number of nitrogens with two attached hydrogens (primary N) is 1. The number of alkyl halides is 3. The molecule has 4 rings (SSSR count). The summed E-state index contributed by atoms with van der Waals surface area (Å²) >= 11 is 0. The summed E-state index contributed by atoms with van der Waals surface area (Å²) in [5.41, 5.74) is 8.27. The van der Waals surface area contributed by atoms with Gasteiger partial charge in [0.2, 0.25) is 5.91 Å². The maximum atomic E-state index is 12.8. The van der Waals surface area contributed by atoms with Crippen LogP contribution in [0.2, 0.25) is 0 Å². The van der Waals surface area contributed by atoms with Crippen molar-refractivity contribution in [1.82, 2.24) is 15.0 Å². The van der Waals surface area contributed by atoms with Crippen LogP contribution in [0, 0.1) is 0 Å². The fourth-order valence-electron chi connectivity index (χ4n) is 3.51. The molecule has 7 nitrogen and oxygen atoms in total. The number of esters is 1. The smallest absolute Gasteiger partial charge is 0.416 e. The Morgan fingerprint density at radius 1 is 0.943 bits per heavy atom. The van der Waals surface area contributed by atoms with Crippen molar-refractivity contribution in [1.29, 1.82) is 0 Å². The molecule has 0 bridgehead atoms. The standard InChI is InChI=1S/C25H19F3N4O3/c1-35-24(34)19-11-18(16-4-2-15(3-5-16)10-23(29)33)12-21(13-19)32-14-22(30-31-32)17-6-8-20(9-7-17)25(26,27)28/h2-9,11-14H,10H2,1H3,(H2,29,33). The zero-order chi connectivity index (χ0) is 25.2. The minimum Gasteiger partial charge on any atom is -0.465 e. The highest BCUT2D eigenvalue weighted by Crippen LogP contribution is 2.31. The zero-order valence-corrected chi connectivity index (χ0v) is 18.4. The molecule has 178 valence electrons. The van der Waals surface area contributed by atoms with Gasteiger partial charge in [-0.3, -0.25) is 4.79 Å². The van der Waals surface area contributed by atoms with Crippen LogP contribution in [-0.2, 0) is 22.1 Å². The third-order valence-corrected chi connectivity index (χ3v) is 5.27. The zero-order valence-electron chi connectivity index (χ0n) is 18.4. The van der Waals surface area contributed by atoms with Crippen LogP contribution < -0.4 is 5.73 Å². The molecule has 0 unspecified atom stereocenters. The lowest BCUT2D eigenvalue weighted by atomic mass is 10.00. The van der Waals surface area contributed by atoms with Crippen LogP contribution in [0.25, 0.3) is 28.1 Å². The molecule has 0 aliphatic heterocycles. The van der Waals surface area contributed by atoms with Gasteiger partial charge in [-0.1, -0.05) is 41.6 Å². The lowest BCUT2D eigenvalue weighted by molar-refractivity contribution is -0.137. The molecule has 0 saturated heterocycles. The van der Waals surface area contributed by atoms with Gasteiger partial charge in [0.05, 0.1) is 36.5 Å². The predicted molar refractivity (Wildman–Crippen MR) is 121 cm³/mol. The van der Waals surface area contributed by atoms with Crippen molar-refractivity contribution in [3.63, 3.8) is 0 Å². The summed E-state index contributed by atoms with van der Waals surface area (Å²) in [6.07, 6.45) is -2.77. The van der Waals surface area contributed by atoms with E-state index in [1.807, 2.05) is 0 Å². The van der Waals surface area contributed by atoms with Crippen LogP contribution in [0.15, 0.2) is 72.9 Å². The van der Waals surface area contributed by atoms with Gasteiger partial charge in [-0.25, -0.2) is 9.48 Å². The van der Waals surface area contributed by atoms with Crippen LogP contribution in [0.4, 0.5) is 13.2 Å². The molecule has 0 saturated carbocycles. The molecule has 1 aromatic heterocycles. The first-order valence-corrected chi connectivity index (χ1v) is 10.4. The molecule has 0 radical (unpaired) electrons. The Morgan fingerprint density at radius 3 is 2.20 bits per heavy atom. The number of hydrogen-bond donors (Lipinski definition) is 1. The van der Waals surface area contributed by atoms with Gasteiger partial charge in [0.25, 0.3) is 0 Å². The fourth-order valence-corrected chi connectivity index (χ4v) is 3.51. The number of hydrogen-bond acceptors (Lipinski definition) is 5. The van der Waals surface area contributed by atoms with Gasteiger partial charge < -0.3 is 10.5 Å². The third-order valence-electron chi connectivity index (χ3n) is 5.27. The molecule has 0 aliphatic carbocycles. The van der Waals surface area contributed by atoms with Gasteiger partial charge in [-0.05, 0) is 47.0 Å². The highest BCUT2D eigenvalue weighted by molar-refractivity contribution is 5.92. The van der Waals surface area contributed by atoms with Crippen LogP contribution in [0.3, 0.4) is 0 Å². The van der Waals surface area contributed by atoms with E-state index in [1.54, 1.807) is 48.7 Å². The Labute approximate surface area is 197 Å². The number of carbonyl (C=O) groups is 2. The molecule has 0 spiro atoms. The Bertz CT molecular complexity index is 1380. The third kappa shape index (κ3) is 5.37. The monoisotopic (exact) mass is 480 g/mol. The van der Waals surface area contributed by atoms with E-state index in [4.69, 9.17) is 10.5 Å². The average molecular weight is 480 g/mol. The van der Waals surface area contributed by atoms with Crippen molar-refractivity contribution < 1.29 is 27.5 Å². The van der Waals surface area contributed by atoms with E-state index in [9.17, 15) is 22.8 Å². The molecule has 3 aromatic carbocycles. The Hall–Kier alpha value is -4.47. The lowest BCUT2D eigenvalue weighted by Crippen LogP contribution is -2.13. The highest BCUT2D eigenvalue weighted by Gasteiger charge is 2.30. The second-order valence-corrected chi connectivity index (χ2v) is 7.72. The van der Waals surface area contributed by atoms with Crippen molar-refractivity contribution in [2.75, 3.05) is 7.11 Å². The quantitative estimate of drug-likeness (QED) is 0.412. The van der Waals surface area contributed by atoms with Crippen LogP contribution >= 0.6 is 0 Å². The van der Waals surface area contributed by atoms with Gasteiger partial charge in [0.1, 0.15) is 5.69 Å². The molecule has 35 heavy (non-hydrogen) atoms. The minimum absolute atomic E-state index is 0.111.